The van der Waals surface area contributed by atoms with Crippen molar-refractivity contribution >= 4 is 0 Å². The molecule has 1 aliphatic carbocycles. The lowest BCUT2D eigenvalue weighted by atomic mass is 9.81. The second-order valence-corrected chi connectivity index (χ2v) is 6.29. The molecule has 2 aromatic rings. The van der Waals surface area contributed by atoms with Gasteiger partial charge in [0.25, 0.3) is 0 Å². The first-order valence-corrected chi connectivity index (χ1v) is 6.77. The van der Waals surface area contributed by atoms with Gasteiger partial charge in [-0.05, 0) is 47.1 Å². The van der Waals surface area contributed by atoms with E-state index in [1.165, 1.54) is 16.7 Å². The third-order valence-electron chi connectivity index (χ3n) is 3.86. The summed E-state index contributed by atoms with van der Waals surface area (Å²) >= 11 is 0. The molecular formula is C17H19NO. The molecule has 0 radical (unpaired) electrons. The van der Waals surface area contributed by atoms with Crippen molar-refractivity contribution in [3.05, 3.63) is 47.2 Å². The molecule has 0 amide bonds. The number of pyridine rings is 1. The zero-order valence-corrected chi connectivity index (χ0v) is 11.7. The number of phenolic OH excluding ortho intramolecular Hbond substituents is 1. The highest BCUT2D eigenvalue weighted by atomic mass is 16.3. The summed E-state index contributed by atoms with van der Waals surface area (Å²) in [5.41, 5.74) is 5.56. The Bertz CT molecular complexity index is 638. The predicted molar refractivity (Wildman–Crippen MR) is 77.4 cm³/mol. The molecule has 0 saturated heterocycles. The number of hydrogen-bond acceptors (Lipinski definition) is 2. The zero-order valence-electron chi connectivity index (χ0n) is 11.7. The molecule has 19 heavy (non-hydrogen) atoms. The lowest BCUT2D eigenvalue weighted by Crippen LogP contribution is -2.13. The van der Waals surface area contributed by atoms with Crippen LogP contribution in [-0.2, 0) is 18.3 Å². The monoisotopic (exact) mass is 253 g/mol. The molecule has 0 bridgehead atoms. The van der Waals surface area contributed by atoms with Crippen LogP contribution in [0.3, 0.4) is 0 Å². The van der Waals surface area contributed by atoms with Crippen LogP contribution in [0, 0.1) is 0 Å². The Labute approximate surface area is 114 Å². The minimum atomic E-state index is 0.0525. The first-order valence-electron chi connectivity index (χ1n) is 6.77. The number of phenols is 1. The molecule has 0 spiro atoms. The number of rotatable bonds is 0. The summed E-state index contributed by atoms with van der Waals surface area (Å²) in [5, 5.41) is 10.4. The van der Waals surface area contributed by atoms with Crippen LogP contribution in [0.2, 0.25) is 0 Å². The van der Waals surface area contributed by atoms with Crippen LogP contribution in [0.5, 0.6) is 5.75 Å². The quantitative estimate of drug-likeness (QED) is 0.773. The number of aryl methyl sites for hydroxylation is 2. The minimum Gasteiger partial charge on any atom is -0.507 e. The first kappa shape index (κ1) is 12.2. The number of aromatic nitrogens is 1. The highest BCUT2D eigenvalue weighted by Gasteiger charge is 2.24. The average molecular weight is 253 g/mol. The maximum atomic E-state index is 10.4. The van der Waals surface area contributed by atoms with Crippen molar-refractivity contribution in [2.45, 2.75) is 39.0 Å². The van der Waals surface area contributed by atoms with E-state index in [0.717, 1.165) is 24.1 Å². The fourth-order valence-corrected chi connectivity index (χ4v) is 2.72. The summed E-state index contributed by atoms with van der Waals surface area (Å²) in [7, 11) is 0. The van der Waals surface area contributed by atoms with Crippen LogP contribution in [0.15, 0.2) is 30.5 Å². The fraction of sp³-hybridized carbons (Fsp3) is 0.353. The van der Waals surface area contributed by atoms with Crippen LogP contribution in [-0.4, -0.2) is 10.1 Å². The molecule has 0 fully saturated rings. The van der Waals surface area contributed by atoms with E-state index in [-0.39, 0.29) is 5.41 Å². The van der Waals surface area contributed by atoms with Gasteiger partial charge in [-0.15, -0.1) is 0 Å². The van der Waals surface area contributed by atoms with Crippen LogP contribution in [0.25, 0.3) is 11.3 Å². The van der Waals surface area contributed by atoms with Gasteiger partial charge in [-0.1, -0.05) is 32.9 Å². The van der Waals surface area contributed by atoms with Crippen molar-refractivity contribution in [2.75, 3.05) is 0 Å². The summed E-state index contributed by atoms with van der Waals surface area (Å²) in [6.45, 7) is 6.51. The normalized spacial score (nSPS) is 13.8. The molecule has 1 aliphatic rings. The third kappa shape index (κ3) is 2.01. The largest absolute Gasteiger partial charge is 0.507 e. The predicted octanol–water partition coefficient (Wildman–Crippen LogP) is 3.85. The SMILES string of the molecule is CC(C)(C)c1cc(O)c2c(c1)CCc1cccnc1-2. The maximum Gasteiger partial charge on any atom is 0.125 e. The Kier molecular flexibility index (Phi) is 2.63. The van der Waals surface area contributed by atoms with E-state index in [9.17, 15) is 5.11 Å². The van der Waals surface area contributed by atoms with Crippen LogP contribution >= 0.6 is 0 Å². The summed E-state index contributed by atoms with van der Waals surface area (Å²) in [6, 6.07) is 8.18. The Morgan fingerprint density at radius 1 is 1.11 bits per heavy atom. The van der Waals surface area contributed by atoms with Gasteiger partial charge in [-0.3, -0.25) is 4.98 Å². The second-order valence-electron chi connectivity index (χ2n) is 6.29. The summed E-state index contributed by atoms with van der Waals surface area (Å²) in [5.74, 6) is 0.363. The lowest BCUT2D eigenvalue weighted by Gasteiger charge is -2.25. The van der Waals surface area contributed by atoms with Crippen LogP contribution < -0.4 is 0 Å². The lowest BCUT2D eigenvalue weighted by molar-refractivity contribution is 0.471. The standard InChI is InChI=1S/C17H19NO/c1-17(2,3)13-9-12-7-6-11-5-4-8-18-16(11)15(12)14(19)10-13/h4-5,8-10,19H,6-7H2,1-3H3. The molecule has 1 aromatic heterocycles. The van der Waals surface area contributed by atoms with Gasteiger partial charge in [0.15, 0.2) is 0 Å². The maximum absolute atomic E-state index is 10.4. The molecule has 2 heteroatoms. The minimum absolute atomic E-state index is 0.0525. The molecule has 1 heterocycles. The number of aromatic hydroxyl groups is 1. The van der Waals surface area contributed by atoms with E-state index in [1.54, 1.807) is 6.20 Å². The molecule has 1 N–H and O–H groups in total. The smallest absolute Gasteiger partial charge is 0.125 e. The van der Waals surface area contributed by atoms with Gasteiger partial charge < -0.3 is 5.11 Å². The molecule has 0 aliphatic heterocycles. The second kappa shape index (κ2) is 4.09. The molecule has 98 valence electrons. The Morgan fingerprint density at radius 2 is 1.84 bits per heavy atom. The fourth-order valence-electron chi connectivity index (χ4n) is 2.72. The van der Waals surface area contributed by atoms with E-state index in [1.807, 2.05) is 12.1 Å². The van der Waals surface area contributed by atoms with Crippen molar-refractivity contribution < 1.29 is 5.11 Å². The van der Waals surface area contributed by atoms with Crippen molar-refractivity contribution in [3.63, 3.8) is 0 Å². The molecule has 0 atom stereocenters. The number of benzene rings is 1. The van der Waals surface area contributed by atoms with E-state index in [0.29, 0.717) is 5.75 Å². The van der Waals surface area contributed by atoms with Crippen LogP contribution in [0.4, 0.5) is 0 Å². The van der Waals surface area contributed by atoms with Gasteiger partial charge in [0.1, 0.15) is 5.75 Å². The van der Waals surface area contributed by atoms with Crippen molar-refractivity contribution in [2.24, 2.45) is 0 Å². The van der Waals surface area contributed by atoms with Gasteiger partial charge in [-0.2, -0.15) is 0 Å². The van der Waals surface area contributed by atoms with E-state index >= 15 is 0 Å². The van der Waals surface area contributed by atoms with E-state index < -0.39 is 0 Å². The van der Waals surface area contributed by atoms with Gasteiger partial charge in [0.2, 0.25) is 0 Å². The van der Waals surface area contributed by atoms with E-state index in [4.69, 9.17) is 0 Å². The average Bonchev–Trinajstić information content (AvgIpc) is 2.37. The third-order valence-corrected chi connectivity index (χ3v) is 3.86. The molecule has 2 nitrogen and oxygen atoms in total. The van der Waals surface area contributed by atoms with E-state index in [2.05, 4.69) is 37.9 Å². The zero-order chi connectivity index (χ0) is 13.6. The molecule has 3 rings (SSSR count). The molecular weight excluding hydrogens is 234 g/mol. The summed E-state index contributed by atoms with van der Waals surface area (Å²) in [6.07, 6.45) is 3.78. The van der Waals surface area contributed by atoms with Gasteiger partial charge >= 0.3 is 0 Å². The van der Waals surface area contributed by atoms with Crippen molar-refractivity contribution in [1.29, 1.82) is 0 Å². The van der Waals surface area contributed by atoms with Gasteiger partial charge in [0.05, 0.1) is 5.69 Å². The summed E-state index contributed by atoms with van der Waals surface area (Å²) < 4.78 is 0. The Balaban J connectivity index is 2.23. The topological polar surface area (TPSA) is 33.1 Å². The molecule has 0 saturated carbocycles. The van der Waals surface area contributed by atoms with Gasteiger partial charge in [0, 0.05) is 11.8 Å². The highest BCUT2D eigenvalue weighted by Crippen LogP contribution is 2.40. The van der Waals surface area contributed by atoms with Crippen LogP contribution in [0.1, 0.15) is 37.5 Å². The highest BCUT2D eigenvalue weighted by molar-refractivity contribution is 5.76. The first-order chi connectivity index (χ1) is 8.97. The number of fused-ring (bicyclic) bond motifs is 3. The number of hydrogen-bond donors (Lipinski definition) is 1. The Hall–Kier alpha value is -1.83. The molecule has 0 unspecified atom stereocenters. The van der Waals surface area contributed by atoms with Gasteiger partial charge in [-0.25, -0.2) is 0 Å². The van der Waals surface area contributed by atoms with Crippen molar-refractivity contribution in [1.82, 2.24) is 4.98 Å². The number of nitrogens with zero attached hydrogens (tertiary/aromatic N) is 1. The Morgan fingerprint density at radius 3 is 2.58 bits per heavy atom. The van der Waals surface area contributed by atoms with Crippen molar-refractivity contribution in [3.8, 4) is 17.0 Å². The summed E-state index contributed by atoms with van der Waals surface area (Å²) in [4.78, 5) is 4.45. The molecule has 1 aromatic carbocycles.